The maximum Gasteiger partial charge on any atom is 0.220 e. The highest BCUT2D eigenvalue weighted by molar-refractivity contribution is 5.77. The Labute approximate surface area is 146 Å². The summed E-state index contributed by atoms with van der Waals surface area (Å²) in [6.07, 6.45) is 0.282. The number of benzene rings is 1. The van der Waals surface area contributed by atoms with Crippen LogP contribution in [0.4, 0.5) is 0 Å². The van der Waals surface area contributed by atoms with E-state index in [9.17, 15) is 9.90 Å². The van der Waals surface area contributed by atoms with Crippen molar-refractivity contribution in [2.45, 2.75) is 71.6 Å². The number of hydrogen-bond acceptors (Lipinski definition) is 3. The van der Waals surface area contributed by atoms with E-state index in [0.29, 0.717) is 0 Å². The minimum absolute atomic E-state index is 0.0404. The van der Waals surface area contributed by atoms with Gasteiger partial charge in [0.15, 0.2) is 0 Å². The summed E-state index contributed by atoms with van der Waals surface area (Å²) in [4.78, 5) is 12.0. The molecule has 3 N–H and O–H groups in total. The molecule has 0 aliphatic rings. The fraction of sp³-hybridized carbons (Fsp3) is 0.650. The number of phenolic OH excluding ortho intramolecular Hbond substituents is 1. The van der Waals surface area contributed by atoms with E-state index in [1.807, 2.05) is 13.0 Å². The summed E-state index contributed by atoms with van der Waals surface area (Å²) in [6, 6.07) is 4.10. The molecule has 0 fully saturated rings. The number of nitrogens with one attached hydrogen (secondary N) is 1. The average molecular weight is 335 g/mol. The number of aliphatic hydroxyl groups is 1. The molecule has 0 bridgehead atoms. The lowest BCUT2D eigenvalue weighted by Gasteiger charge is -2.29. The molecule has 0 aliphatic carbocycles. The molecule has 1 rings (SSSR count). The molecule has 4 heteroatoms. The molecule has 24 heavy (non-hydrogen) atoms. The van der Waals surface area contributed by atoms with Crippen LogP contribution in [0.3, 0.4) is 0 Å². The summed E-state index contributed by atoms with van der Waals surface area (Å²) in [5.74, 6) is 0.0690. The molecule has 1 aromatic carbocycles. The molecule has 0 saturated heterocycles. The molecule has 4 nitrogen and oxygen atoms in total. The van der Waals surface area contributed by atoms with E-state index in [4.69, 9.17) is 5.11 Å². The molecule has 0 saturated carbocycles. The summed E-state index contributed by atoms with van der Waals surface area (Å²) in [6.45, 7) is 14.8. The van der Waals surface area contributed by atoms with Crippen molar-refractivity contribution in [2.24, 2.45) is 0 Å². The molecule has 0 aromatic heterocycles. The van der Waals surface area contributed by atoms with Crippen molar-refractivity contribution in [1.29, 1.82) is 0 Å². The molecule has 0 spiro atoms. The van der Waals surface area contributed by atoms with Gasteiger partial charge in [0.2, 0.25) is 5.91 Å². The van der Waals surface area contributed by atoms with Crippen LogP contribution in [-0.2, 0) is 15.6 Å². The number of hydrogen-bond donors (Lipinski definition) is 3. The molecule has 1 unspecified atom stereocenters. The Morgan fingerprint density at radius 2 is 1.71 bits per heavy atom. The van der Waals surface area contributed by atoms with Crippen molar-refractivity contribution in [3.8, 4) is 5.75 Å². The van der Waals surface area contributed by atoms with Crippen LogP contribution in [0.25, 0.3) is 0 Å². The van der Waals surface area contributed by atoms with Gasteiger partial charge in [0.25, 0.3) is 0 Å². The zero-order chi connectivity index (χ0) is 18.7. The summed E-state index contributed by atoms with van der Waals surface area (Å²) < 4.78 is 0. The Morgan fingerprint density at radius 1 is 1.12 bits per heavy atom. The monoisotopic (exact) mass is 335 g/mol. The molecule has 1 amide bonds. The van der Waals surface area contributed by atoms with E-state index in [-0.39, 0.29) is 48.0 Å². The summed E-state index contributed by atoms with van der Waals surface area (Å²) in [7, 11) is 0. The molecule has 1 atom stereocenters. The minimum atomic E-state index is -0.182. The van der Waals surface area contributed by atoms with Gasteiger partial charge < -0.3 is 15.5 Å². The number of amides is 1. The normalized spacial score (nSPS) is 13.7. The zero-order valence-electron chi connectivity index (χ0n) is 16.2. The number of rotatable bonds is 5. The van der Waals surface area contributed by atoms with E-state index in [1.54, 1.807) is 0 Å². The Morgan fingerprint density at radius 3 is 2.17 bits per heavy atom. The predicted octanol–water partition coefficient (Wildman–Crippen LogP) is 3.59. The standard InChI is InChI=1S/C20H33NO3/c1-13(10-17(23)21-8-9-22)15-11-14(19(2,3)4)12-16(18(15)24)20(5,6)7/h11-13,22,24H,8-10H2,1-7H3,(H,21,23). The SMILES string of the molecule is CC(CC(=O)NCCO)c1cc(C(C)(C)C)cc(C(C)(C)C)c1O. The van der Waals surface area contributed by atoms with Crippen LogP contribution in [0.1, 0.15) is 77.5 Å². The van der Waals surface area contributed by atoms with E-state index in [0.717, 1.165) is 16.7 Å². The summed E-state index contributed by atoms with van der Waals surface area (Å²) in [5, 5.41) is 22.3. The molecular formula is C20H33NO3. The first-order chi connectivity index (χ1) is 10.9. The maximum atomic E-state index is 12.0. The highest BCUT2D eigenvalue weighted by atomic mass is 16.3. The van der Waals surface area contributed by atoms with Gasteiger partial charge >= 0.3 is 0 Å². The number of phenols is 1. The molecular weight excluding hydrogens is 302 g/mol. The van der Waals surface area contributed by atoms with Crippen LogP contribution in [0.2, 0.25) is 0 Å². The van der Waals surface area contributed by atoms with Gasteiger partial charge in [-0.05, 0) is 33.4 Å². The third kappa shape index (κ3) is 5.23. The fourth-order valence-electron chi connectivity index (χ4n) is 2.69. The van der Waals surface area contributed by atoms with Crippen molar-refractivity contribution in [3.63, 3.8) is 0 Å². The van der Waals surface area contributed by atoms with E-state index in [2.05, 4.69) is 52.9 Å². The van der Waals surface area contributed by atoms with Crippen LogP contribution < -0.4 is 5.32 Å². The van der Waals surface area contributed by atoms with Crippen molar-refractivity contribution in [1.82, 2.24) is 5.32 Å². The lowest BCUT2D eigenvalue weighted by atomic mass is 9.77. The van der Waals surface area contributed by atoms with Crippen molar-refractivity contribution < 1.29 is 15.0 Å². The van der Waals surface area contributed by atoms with E-state index in [1.165, 1.54) is 0 Å². The highest BCUT2D eigenvalue weighted by Crippen LogP contribution is 2.41. The molecule has 0 heterocycles. The van der Waals surface area contributed by atoms with Crippen molar-refractivity contribution in [3.05, 3.63) is 28.8 Å². The molecule has 136 valence electrons. The average Bonchev–Trinajstić information content (AvgIpc) is 2.42. The second-order valence-electron chi connectivity index (χ2n) is 8.64. The van der Waals surface area contributed by atoms with Gasteiger partial charge in [-0.3, -0.25) is 4.79 Å². The third-order valence-electron chi connectivity index (χ3n) is 4.27. The van der Waals surface area contributed by atoms with Crippen LogP contribution in [0.5, 0.6) is 5.75 Å². The first-order valence-corrected chi connectivity index (χ1v) is 8.63. The zero-order valence-corrected chi connectivity index (χ0v) is 16.2. The highest BCUT2D eigenvalue weighted by Gasteiger charge is 2.27. The lowest BCUT2D eigenvalue weighted by molar-refractivity contribution is -0.121. The van der Waals surface area contributed by atoms with Gasteiger partial charge in [-0.25, -0.2) is 0 Å². The largest absolute Gasteiger partial charge is 0.507 e. The number of carbonyl (C=O) groups is 1. The van der Waals surface area contributed by atoms with Crippen LogP contribution in [0.15, 0.2) is 12.1 Å². The fourth-order valence-corrected chi connectivity index (χ4v) is 2.69. The predicted molar refractivity (Wildman–Crippen MR) is 98.6 cm³/mol. The van der Waals surface area contributed by atoms with Gasteiger partial charge in [0.05, 0.1) is 6.61 Å². The quantitative estimate of drug-likeness (QED) is 0.770. The Hall–Kier alpha value is -1.55. The van der Waals surface area contributed by atoms with Gasteiger partial charge in [-0.15, -0.1) is 0 Å². The van der Waals surface area contributed by atoms with Crippen molar-refractivity contribution in [2.75, 3.05) is 13.2 Å². The van der Waals surface area contributed by atoms with Crippen LogP contribution in [-0.4, -0.2) is 29.3 Å². The first kappa shape index (κ1) is 20.5. The lowest BCUT2D eigenvalue weighted by Crippen LogP contribution is -2.27. The van der Waals surface area contributed by atoms with E-state index >= 15 is 0 Å². The first-order valence-electron chi connectivity index (χ1n) is 8.63. The Kier molecular flexibility index (Phi) is 6.45. The van der Waals surface area contributed by atoms with Crippen molar-refractivity contribution >= 4 is 5.91 Å². The van der Waals surface area contributed by atoms with Gasteiger partial charge in [0, 0.05) is 13.0 Å². The smallest absolute Gasteiger partial charge is 0.220 e. The van der Waals surface area contributed by atoms with Crippen LogP contribution >= 0.6 is 0 Å². The second-order valence-corrected chi connectivity index (χ2v) is 8.64. The van der Waals surface area contributed by atoms with Crippen LogP contribution in [0, 0.1) is 0 Å². The number of carbonyl (C=O) groups excluding carboxylic acids is 1. The molecule has 0 radical (unpaired) electrons. The minimum Gasteiger partial charge on any atom is -0.507 e. The summed E-state index contributed by atoms with van der Waals surface area (Å²) >= 11 is 0. The molecule has 0 aliphatic heterocycles. The van der Waals surface area contributed by atoms with E-state index < -0.39 is 0 Å². The summed E-state index contributed by atoms with van der Waals surface area (Å²) in [5.41, 5.74) is 2.65. The third-order valence-corrected chi connectivity index (χ3v) is 4.27. The Balaban J connectivity index is 3.28. The topological polar surface area (TPSA) is 69.6 Å². The number of aliphatic hydroxyl groups excluding tert-OH is 1. The molecule has 1 aromatic rings. The van der Waals surface area contributed by atoms with Gasteiger partial charge in [0.1, 0.15) is 5.75 Å². The van der Waals surface area contributed by atoms with Gasteiger partial charge in [-0.2, -0.15) is 0 Å². The second kappa shape index (κ2) is 7.56. The maximum absolute atomic E-state index is 12.0. The van der Waals surface area contributed by atoms with Gasteiger partial charge in [-0.1, -0.05) is 60.6 Å². The Bertz CT molecular complexity index is 580. The number of aromatic hydroxyl groups is 1.